The summed E-state index contributed by atoms with van der Waals surface area (Å²) >= 11 is 1.95. The van der Waals surface area contributed by atoms with Gasteiger partial charge in [-0.15, -0.1) is 0 Å². The van der Waals surface area contributed by atoms with Crippen molar-refractivity contribution in [3.63, 3.8) is 0 Å². The fourth-order valence-electron chi connectivity index (χ4n) is 9.67. The molecular weight excluding hydrogens is 624 g/mol. The van der Waals surface area contributed by atoms with Crippen molar-refractivity contribution < 1.29 is 4.74 Å². The van der Waals surface area contributed by atoms with Gasteiger partial charge in [-0.05, 0) is 79.8 Å². The van der Waals surface area contributed by atoms with Gasteiger partial charge in [0.25, 0.3) is 6.71 Å². The van der Waals surface area contributed by atoms with Gasteiger partial charge in [-0.25, -0.2) is 0 Å². The van der Waals surface area contributed by atoms with Gasteiger partial charge in [-0.1, -0.05) is 140 Å². The number of benzene rings is 7. The second kappa shape index (κ2) is 9.65. The molecule has 0 N–H and O–H groups in total. The summed E-state index contributed by atoms with van der Waals surface area (Å²) in [7, 11) is 0. The molecule has 50 heavy (non-hydrogen) atoms. The van der Waals surface area contributed by atoms with Crippen LogP contribution in [0.1, 0.15) is 25.3 Å². The third-order valence-electron chi connectivity index (χ3n) is 11.6. The van der Waals surface area contributed by atoms with Crippen LogP contribution in [0.4, 0.5) is 0 Å². The molecular formula is C45H29B2NOS. The number of nitrogens with zero attached hydrogens (tertiary/aromatic N) is 1. The van der Waals surface area contributed by atoms with Gasteiger partial charge in [-0.2, -0.15) is 0 Å². The highest BCUT2D eigenvalue weighted by Gasteiger charge is 2.50. The van der Waals surface area contributed by atoms with Crippen molar-refractivity contribution in [2.45, 2.75) is 29.6 Å². The van der Waals surface area contributed by atoms with E-state index in [2.05, 4.69) is 152 Å². The Morgan fingerprint density at radius 3 is 1.76 bits per heavy atom. The van der Waals surface area contributed by atoms with Crippen LogP contribution in [-0.4, -0.2) is 18.0 Å². The molecule has 2 nitrogen and oxygen atoms in total. The van der Waals surface area contributed by atoms with Gasteiger partial charge in [-0.3, -0.25) is 0 Å². The Labute approximate surface area is 295 Å². The summed E-state index contributed by atoms with van der Waals surface area (Å²) < 4.78 is 9.81. The lowest BCUT2D eigenvalue weighted by Crippen LogP contribution is -2.66. The van der Waals surface area contributed by atoms with Crippen LogP contribution in [-0.2, 0) is 0 Å². The molecule has 8 aromatic rings. The molecule has 0 saturated carbocycles. The molecule has 0 aliphatic carbocycles. The zero-order chi connectivity index (χ0) is 32.8. The van der Waals surface area contributed by atoms with Gasteiger partial charge in [0, 0.05) is 42.8 Å². The van der Waals surface area contributed by atoms with E-state index in [1.165, 1.54) is 97.9 Å². The average molecular weight is 653 g/mol. The summed E-state index contributed by atoms with van der Waals surface area (Å²) in [6, 6.07) is 49.7. The van der Waals surface area contributed by atoms with E-state index in [0.717, 1.165) is 11.5 Å². The largest absolute Gasteiger partial charge is 0.458 e. The average Bonchev–Trinajstić information content (AvgIpc) is 3.50. The summed E-state index contributed by atoms with van der Waals surface area (Å²) in [5, 5.41) is 2.65. The molecule has 0 saturated heterocycles. The first kappa shape index (κ1) is 27.4. The molecule has 5 heteroatoms. The maximum absolute atomic E-state index is 7.15. The number of ether oxygens (including phenoxy) is 1. The van der Waals surface area contributed by atoms with E-state index in [-0.39, 0.29) is 19.3 Å². The van der Waals surface area contributed by atoms with Crippen LogP contribution < -0.4 is 37.5 Å². The molecule has 0 atom stereocenters. The molecule has 0 spiro atoms. The van der Waals surface area contributed by atoms with Crippen molar-refractivity contribution in [1.29, 1.82) is 0 Å². The molecule has 0 amide bonds. The van der Waals surface area contributed by atoms with Crippen molar-refractivity contribution in [2.75, 3.05) is 0 Å². The Hall–Kier alpha value is -5.38. The quantitative estimate of drug-likeness (QED) is 0.184. The third-order valence-corrected chi connectivity index (χ3v) is 12.8. The van der Waals surface area contributed by atoms with E-state index >= 15 is 0 Å². The molecule has 7 aromatic carbocycles. The van der Waals surface area contributed by atoms with Crippen LogP contribution in [0.3, 0.4) is 0 Å². The van der Waals surface area contributed by atoms with Gasteiger partial charge in [0.2, 0.25) is 6.71 Å². The monoisotopic (exact) mass is 653 g/mol. The molecule has 1 aromatic heterocycles. The highest BCUT2D eigenvalue weighted by atomic mass is 32.2. The molecule has 0 radical (unpaired) electrons. The number of aromatic nitrogens is 1. The summed E-state index contributed by atoms with van der Waals surface area (Å²) in [4.78, 5) is 2.73. The van der Waals surface area contributed by atoms with Gasteiger partial charge in [0.1, 0.15) is 11.5 Å². The first-order chi connectivity index (χ1) is 24.7. The molecule has 0 fully saturated rings. The Morgan fingerprint density at radius 1 is 0.560 bits per heavy atom. The van der Waals surface area contributed by atoms with E-state index in [4.69, 9.17) is 4.74 Å². The standard InChI is InChI=1S/C45H29B2NOS/c1-25(2)38-44-39-43-40-45(38)50-37-20-12-10-18-33(37)47(40)35-24-29(27-15-7-4-8-16-27)22-31-30-21-28(26-13-5-3-6-14-26)23-34(41(30)48(43)42(31)35)46(39)32-17-9-11-19-36(32)49-44/h3-25H,1-2H3. The van der Waals surface area contributed by atoms with Crippen LogP contribution in [0.2, 0.25) is 0 Å². The SMILES string of the molecule is CC(C)c1c2c3c4c5c1Sc1ccccc1B5c1cc(-c5ccccc5)cc5c6cc(-c7ccccc7)cc(c6n-4c15)B3c1ccccc1O2. The van der Waals surface area contributed by atoms with E-state index in [1.54, 1.807) is 0 Å². The van der Waals surface area contributed by atoms with Crippen molar-refractivity contribution in [3.05, 3.63) is 139 Å². The molecule has 232 valence electrons. The van der Waals surface area contributed by atoms with Crippen molar-refractivity contribution >= 4 is 79.8 Å². The molecule has 4 aliphatic rings. The predicted molar refractivity (Wildman–Crippen MR) is 212 cm³/mol. The Kier molecular flexibility index (Phi) is 5.30. The van der Waals surface area contributed by atoms with Gasteiger partial charge in [0.05, 0.1) is 0 Å². The minimum Gasteiger partial charge on any atom is -0.458 e. The lowest BCUT2D eigenvalue weighted by Gasteiger charge is -2.42. The number of hydrogen-bond acceptors (Lipinski definition) is 2. The third kappa shape index (κ3) is 3.34. The van der Waals surface area contributed by atoms with Crippen LogP contribution >= 0.6 is 11.8 Å². The maximum Gasteiger partial charge on any atom is 0.256 e. The lowest BCUT2D eigenvalue weighted by molar-refractivity contribution is 0.475. The normalized spacial score (nSPS) is 14.0. The first-order valence-corrected chi connectivity index (χ1v) is 18.5. The fourth-order valence-corrected chi connectivity index (χ4v) is 11.1. The minimum absolute atomic E-state index is 0.0636. The molecule has 0 bridgehead atoms. The van der Waals surface area contributed by atoms with Crippen molar-refractivity contribution in [1.82, 2.24) is 4.57 Å². The number of hydrogen-bond donors (Lipinski definition) is 0. The lowest BCUT2D eigenvalue weighted by atomic mass is 9.30. The summed E-state index contributed by atoms with van der Waals surface area (Å²) in [6.07, 6.45) is 0. The van der Waals surface area contributed by atoms with Gasteiger partial charge >= 0.3 is 0 Å². The van der Waals surface area contributed by atoms with Crippen LogP contribution in [0.25, 0.3) is 49.7 Å². The van der Waals surface area contributed by atoms with E-state index in [0.29, 0.717) is 0 Å². The zero-order valence-corrected chi connectivity index (χ0v) is 28.5. The van der Waals surface area contributed by atoms with Crippen LogP contribution in [0, 0.1) is 0 Å². The molecule has 4 aliphatic heterocycles. The molecule has 5 heterocycles. The Balaban J connectivity index is 1.35. The smallest absolute Gasteiger partial charge is 0.256 e. The van der Waals surface area contributed by atoms with E-state index in [1.807, 2.05) is 11.8 Å². The van der Waals surface area contributed by atoms with Crippen molar-refractivity contribution in [3.8, 4) is 39.4 Å². The second-order valence-electron chi connectivity index (χ2n) is 14.5. The van der Waals surface area contributed by atoms with Gasteiger partial charge in [0.15, 0.2) is 0 Å². The molecule has 0 unspecified atom stereocenters. The first-order valence-electron chi connectivity index (χ1n) is 17.7. The highest BCUT2D eigenvalue weighted by Crippen LogP contribution is 2.48. The number of fused-ring (bicyclic) bond motifs is 7. The van der Waals surface area contributed by atoms with Crippen molar-refractivity contribution in [2.24, 2.45) is 0 Å². The second-order valence-corrected chi connectivity index (χ2v) is 15.6. The Morgan fingerprint density at radius 2 is 1.12 bits per heavy atom. The summed E-state index contributed by atoms with van der Waals surface area (Å²) in [5.74, 6) is 2.32. The van der Waals surface area contributed by atoms with Gasteiger partial charge < -0.3 is 9.30 Å². The summed E-state index contributed by atoms with van der Waals surface area (Å²) in [5.41, 5.74) is 18.6. The van der Waals surface area contributed by atoms with Crippen LogP contribution in [0.5, 0.6) is 11.5 Å². The highest BCUT2D eigenvalue weighted by molar-refractivity contribution is 8.00. The fraction of sp³-hybridized carbons (Fsp3) is 0.0667. The van der Waals surface area contributed by atoms with Crippen LogP contribution in [0.15, 0.2) is 143 Å². The topological polar surface area (TPSA) is 14.2 Å². The zero-order valence-electron chi connectivity index (χ0n) is 27.7. The maximum atomic E-state index is 7.15. The number of rotatable bonds is 3. The Bertz CT molecular complexity index is 2620. The van der Waals surface area contributed by atoms with E-state index in [9.17, 15) is 0 Å². The predicted octanol–water partition coefficient (Wildman–Crippen LogP) is 7.47. The molecule has 12 rings (SSSR count). The minimum atomic E-state index is 0.0636. The summed E-state index contributed by atoms with van der Waals surface area (Å²) in [6.45, 7) is 4.87. The van der Waals surface area contributed by atoms with E-state index < -0.39 is 0 Å². The number of para-hydroxylation sites is 1.